The Labute approximate surface area is 198 Å². The minimum Gasteiger partial charge on any atom is -0.340 e. The highest BCUT2D eigenvalue weighted by Gasteiger charge is 2.15. The first-order chi connectivity index (χ1) is 16.6. The maximum absolute atomic E-state index is 14.5. The number of aromatic amines is 1. The summed E-state index contributed by atoms with van der Waals surface area (Å²) in [6.45, 7) is 0. The van der Waals surface area contributed by atoms with E-state index in [4.69, 9.17) is 0 Å². The Morgan fingerprint density at radius 3 is 2.82 bits per heavy atom. The number of H-pyrrole nitrogens is 1. The molecule has 0 radical (unpaired) electrons. The predicted octanol–water partition coefficient (Wildman–Crippen LogP) is 5.27. The van der Waals surface area contributed by atoms with Crippen molar-refractivity contribution in [3.05, 3.63) is 84.8 Å². The number of carbonyl (C=O) groups is 1. The summed E-state index contributed by atoms with van der Waals surface area (Å²) >= 11 is 1.53. The van der Waals surface area contributed by atoms with Crippen LogP contribution in [0.25, 0.3) is 22.4 Å². The number of halogens is 1. The van der Waals surface area contributed by atoms with Crippen LogP contribution in [-0.4, -0.2) is 37.1 Å². The molecule has 5 aromatic rings. The number of imidazole rings is 1. The number of nitrogens with one attached hydrogen (secondary N) is 3. The smallest absolute Gasteiger partial charge is 0.255 e. The summed E-state index contributed by atoms with van der Waals surface area (Å²) in [5.41, 5.74) is 3.57. The maximum atomic E-state index is 14.5. The molecule has 2 aromatic carbocycles. The number of carbonyl (C=O) groups excluding carboxylic acids is 1. The summed E-state index contributed by atoms with van der Waals surface area (Å²) < 4.78 is 14.5. The molecule has 0 aliphatic rings. The van der Waals surface area contributed by atoms with Crippen molar-refractivity contribution in [2.75, 3.05) is 16.9 Å². The highest BCUT2D eigenvalue weighted by atomic mass is 32.2. The molecule has 1 amide bonds. The number of fused-ring (bicyclic) bond motifs is 1. The van der Waals surface area contributed by atoms with Gasteiger partial charge in [-0.15, -0.1) is 11.8 Å². The first-order valence-corrected chi connectivity index (χ1v) is 11.5. The zero-order valence-corrected chi connectivity index (χ0v) is 18.7. The fourth-order valence-corrected chi connectivity index (χ4v) is 3.91. The van der Waals surface area contributed by atoms with E-state index >= 15 is 0 Å². The number of amides is 1. The van der Waals surface area contributed by atoms with Gasteiger partial charge in [0.25, 0.3) is 5.91 Å². The molecule has 0 atom stereocenters. The van der Waals surface area contributed by atoms with Crippen LogP contribution in [0, 0.1) is 5.82 Å². The lowest BCUT2D eigenvalue weighted by Crippen LogP contribution is -2.13. The minimum absolute atomic E-state index is 0.0544. The predicted molar refractivity (Wildman–Crippen MR) is 131 cm³/mol. The van der Waals surface area contributed by atoms with Gasteiger partial charge in [0.1, 0.15) is 29.2 Å². The largest absolute Gasteiger partial charge is 0.340 e. The molecule has 5 rings (SSSR count). The van der Waals surface area contributed by atoms with Gasteiger partial charge in [-0.1, -0.05) is 6.07 Å². The molecule has 3 N–H and O–H groups in total. The zero-order valence-electron chi connectivity index (χ0n) is 17.9. The zero-order chi connectivity index (χ0) is 23.5. The lowest BCUT2D eigenvalue weighted by molar-refractivity contribution is 0.102. The molecule has 34 heavy (non-hydrogen) atoms. The molecule has 168 valence electrons. The maximum Gasteiger partial charge on any atom is 0.255 e. The second-order valence-electron chi connectivity index (χ2n) is 7.23. The topological polar surface area (TPSA) is 108 Å². The first kappa shape index (κ1) is 21.5. The van der Waals surface area contributed by atoms with Gasteiger partial charge in [-0.3, -0.25) is 4.79 Å². The number of pyridine rings is 1. The van der Waals surface area contributed by atoms with Crippen LogP contribution in [0.4, 0.5) is 21.6 Å². The van der Waals surface area contributed by atoms with Crippen LogP contribution < -0.4 is 10.6 Å². The Balaban J connectivity index is 1.44. The average Bonchev–Trinajstić information content (AvgIpc) is 3.36. The molecule has 10 heteroatoms. The van der Waals surface area contributed by atoms with Crippen molar-refractivity contribution in [3.8, 4) is 11.3 Å². The number of hydrogen-bond donors (Lipinski definition) is 3. The first-order valence-electron chi connectivity index (χ1n) is 10.2. The van der Waals surface area contributed by atoms with Crippen molar-refractivity contribution in [1.29, 1.82) is 0 Å². The number of rotatable bonds is 6. The number of hydrogen-bond acceptors (Lipinski definition) is 7. The van der Waals surface area contributed by atoms with Crippen LogP contribution in [0.15, 0.2) is 78.3 Å². The quantitative estimate of drug-likeness (QED) is 0.289. The molecule has 3 aromatic heterocycles. The van der Waals surface area contributed by atoms with Gasteiger partial charge >= 0.3 is 0 Å². The third-order valence-electron chi connectivity index (χ3n) is 5.09. The Hall–Kier alpha value is -4.31. The molecule has 0 aliphatic heterocycles. The lowest BCUT2D eigenvalue weighted by atomic mass is 10.1. The number of aromatic nitrogens is 5. The Morgan fingerprint density at radius 2 is 1.94 bits per heavy atom. The summed E-state index contributed by atoms with van der Waals surface area (Å²) in [4.78, 5) is 33.9. The lowest BCUT2D eigenvalue weighted by Gasteiger charge is -2.13. The summed E-state index contributed by atoms with van der Waals surface area (Å²) in [7, 11) is 0. The van der Waals surface area contributed by atoms with Crippen molar-refractivity contribution >= 4 is 46.0 Å². The number of thioether (sulfide) groups is 1. The summed E-state index contributed by atoms with van der Waals surface area (Å²) in [6.07, 6.45) is 6.57. The fourth-order valence-electron chi connectivity index (χ4n) is 3.45. The van der Waals surface area contributed by atoms with Gasteiger partial charge in [0.2, 0.25) is 0 Å². The van der Waals surface area contributed by atoms with Crippen molar-refractivity contribution in [2.45, 2.75) is 4.90 Å². The van der Waals surface area contributed by atoms with E-state index in [9.17, 15) is 9.18 Å². The normalized spacial score (nSPS) is 10.9. The van der Waals surface area contributed by atoms with Crippen LogP contribution >= 0.6 is 11.8 Å². The highest BCUT2D eigenvalue weighted by Crippen LogP contribution is 2.31. The van der Waals surface area contributed by atoms with Gasteiger partial charge in [0, 0.05) is 27.9 Å². The van der Waals surface area contributed by atoms with Crippen molar-refractivity contribution in [2.24, 2.45) is 0 Å². The molecule has 0 aliphatic carbocycles. The minimum atomic E-state index is -0.546. The average molecular weight is 472 g/mol. The molecule has 0 bridgehead atoms. The van der Waals surface area contributed by atoms with Gasteiger partial charge in [-0.05, 0) is 54.8 Å². The van der Waals surface area contributed by atoms with E-state index in [1.807, 2.05) is 18.4 Å². The number of nitrogens with zero attached hydrogens (tertiary/aromatic N) is 4. The van der Waals surface area contributed by atoms with Crippen molar-refractivity contribution in [1.82, 2.24) is 24.9 Å². The van der Waals surface area contributed by atoms with Gasteiger partial charge in [-0.25, -0.2) is 24.3 Å². The van der Waals surface area contributed by atoms with Gasteiger partial charge in [0.15, 0.2) is 5.65 Å². The molecule has 0 saturated carbocycles. The molecule has 0 spiro atoms. The SMILES string of the molecule is CSc1cccc(C(=O)Nc2cc(Nc3ncccc3-c3ncnc4[nH]cnc34)ccc2F)c1. The van der Waals surface area contributed by atoms with Gasteiger partial charge in [-0.2, -0.15) is 0 Å². The van der Waals surface area contributed by atoms with Crippen LogP contribution in [-0.2, 0) is 0 Å². The number of anilines is 3. The van der Waals surface area contributed by atoms with E-state index in [-0.39, 0.29) is 5.69 Å². The molecule has 8 nitrogen and oxygen atoms in total. The van der Waals surface area contributed by atoms with Gasteiger partial charge in [0.05, 0.1) is 12.0 Å². The van der Waals surface area contributed by atoms with Crippen LogP contribution in [0.3, 0.4) is 0 Å². The second kappa shape index (κ2) is 9.28. The highest BCUT2D eigenvalue weighted by molar-refractivity contribution is 7.98. The number of benzene rings is 2. The Bertz CT molecular complexity index is 1500. The van der Waals surface area contributed by atoms with Gasteiger partial charge < -0.3 is 15.6 Å². The van der Waals surface area contributed by atoms with Crippen LogP contribution in [0.5, 0.6) is 0 Å². The summed E-state index contributed by atoms with van der Waals surface area (Å²) in [5.74, 6) is -0.440. The van der Waals surface area contributed by atoms with Crippen molar-refractivity contribution < 1.29 is 9.18 Å². The van der Waals surface area contributed by atoms with E-state index in [0.717, 1.165) is 4.90 Å². The van der Waals surface area contributed by atoms with E-state index < -0.39 is 11.7 Å². The molecule has 3 heterocycles. The van der Waals surface area contributed by atoms with Crippen LogP contribution in [0.2, 0.25) is 0 Å². The molecule has 0 unspecified atom stereocenters. The molecular weight excluding hydrogens is 453 g/mol. The third kappa shape index (κ3) is 4.30. The van der Waals surface area contributed by atoms with Crippen LogP contribution in [0.1, 0.15) is 10.4 Å². The van der Waals surface area contributed by atoms with Crippen molar-refractivity contribution in [3.63, 3.8) is 0 Å². The third-order valence-corrected chi connectivity index (χ3v) is 5.81. The van der Waals surface area contributed by atoms with E-state index in [2.05, 4.69) is 35.6 Å². The molecule has 0 saturated heterocycles. The molecular formula is C24H18FN7OS. The second-order valence-corrected chi connectivity index (χ2v) is 8.11. The summed E-state index contributed by atoms with van der Waals surface area (Å²) in [5, 5.41) is 5.85. The Morgan fingerprint density at radius 1 is 1.03 bits per heavy atom. The fraction of sp³-hybridized carbons (Fsp3) is 0.0417. The monoisotopic (exact) mass is 471 g/mol. The van der Waals surface area contributed by atoms with E-state index in [1.54, 1.807) is 42.9 Å². The molecule has 0 fully saturated rings. The van der Waals surface area contributed by atoms with E-state index in [0.29, 0.717) is 39.5 Å². The standard InChI is InChI=1S/C24H18FN7OS/c1-34-16-5-2-4-14(10-16)24(33)32-19-11-15(7-8-18(19)25)31-22-17(6-3-9-26-22)20-21-23(29-12-27-20)30-13-28-21/h2-13H,1H3,(H,26,31)(H,32,33)(H,27,28,29,30). The van der Waals surface area contributed by atoms with E-state index in [1.165, 1.54) is 30.2 Å². The summed E-state index contributed by atoms with van der Waals surface area (Å²) in [6, 6.07) is 15.2. The Kier molecular flexibility index (Phi) is 5.88.